The molecule has 6 nitrogen and oxygen atoms in total. The van der Waals surface area contributed by atoms with Gasteiger partial charge in [0, 0.05) is 5.41 Å². The molecule has 0 saturated heterocycles. The molecule has 0 aliphatic heterocycles. The molecule has 0 atom stereocenters. The molecule has 7 heteroatoms. The van der Waals surface area contributed by atoms with Gasteiger partial charge >= 0.3 is 13.6 Å². The monoisotopic (exact) mass is 346 g/mol. The molecule has 0 amide bonds. The predicted molar refractivity (Wildman–Crippen MR) is 87.9 cm³/mol. The third kappa shape index (κ3) is 5.48. The lowest BCUT2D eigenvalue weighted by molar-refractivity contribution is 0.0524. The smallest absolute Gasteiger partial charge is 0.341 e. The Labute approximate surface area is 138 Å². The molecular formula is C16H27O6P. The minimum atomic E-state index is -3.37. The zero-order valence-electron chi connectivity index (χ0n) is 14.8. The van der Waals surface area contributed by atoms with E-state index in [1.807, 2.05) is 20.8 Å². The van der Waals surface area contributed by atoms with E-state index in [0.717, 1.165) is 0 Å². The maximum Gasteiger partial charge on any atom is 0.341 e. The molecule has 0 N–H and O–H groups in total. The van der Waals surface area contributed by atoms with Crippen LogP contribution in [0.25, 0.3) is 0 Å². The van der Waals surface area contributed by atoms with Gasteiger partial charge in [-0.1, -0.05) is 20.8 Å². The average molecular weight is 346 g/mol. The highest BCUT2D eigenvalue weighted by atomic mass is 31.2. The van der Waals surface area contributed by atoms with Crippen LogP contribution >= 0.6 is 7.60 Å². The highest BCUT2D eigenvalue weighted by Gasteiger charge is 2.32. The Kier molecular flexibility index (Phi) is 7.05. The average Bonchev–Trinajstić information content (AvgIpc) is 2.83. The minimum absolute atomic E-state index is 0.0983. The molecule has 0 bridgehead atoms. The molecule has 1 aromatic heterocycles. The van der Waals surface area contributed by atoms with E-state index < -0.39 is 13.6 Å². The normalized spacial score (nSPS) is 12.4. The van der Waals surface area contributed by atoms with E-state index in [0.29, 0.717) is 5.76 Å². The summed E-state index contributed by atoms with van der Waals surface area (Å²) in [4.78, 5) is 12.2. The van der Waals surface area contributed by atoms with E-state index >= 15 is 0 Å². The summed E-state index contributed by atoms with van der Waals surface area (Å²) in [5.74, 6) is 0.398. The molecule has 0 aromatic carbocycles. The van der Waals surface area contributed by atoms with Crippen LogP contribution in [0.2, 0.25) is 0 Å². The first-order chi connectivity index (χ1) is 10.7. The number of hydrogen-bond acceptors (Lipinski definition) is 6. The Morgan fingerprint density at radius 1 is 1.13 bits per heavy atom. The fourth-order valence-electron chi connectivity index (χ4n) is 2.00. The Morgan fingerprint density at radius 3 is 2.13 bits per heavy atom. The lowest BCUT2D eigenvalue weighted by Crippen LogP contribution is -2.09. The van der Waals surface area contributed by atoms with Crippen molar-refractivity contribution in [1.82, 2.24) is 0 Å². The van der Waals surface area contributed by atoms with Gasteiger partial charge in [-0.3, -0.25) is 4.57 Å². The largest absolute Gasteiger partial charge is 0.464 e. The van der Waals surface area contributed by atoms with E-state index in [4.69, 9.17) is 18.2 Å². The highest BCUT2D eigenvalue weighted by Crippen LogP contribution is 2.52. The topological polar surface area (TPSA) is 75.0 Å². The number of furan rings is 1. The molecular weight excluding hydrogens is 319 g/mol. The van der Waals surface area contributed by atoms with Crippen molar-refractivity contribution >= 4 is 13.6 Å². The van der Waals surface area contributed by atoms with E-state index in [1.54, 1.807) is 26.8 Å². The second-order valence-electron chi connectivity index (χ2n) is 6.02. The lowest BCUT2D eigenvalue weighted by atomic mass is 9.93. The van der Waals surface area contributed by atoms with Crippen LogP contribution < -0.4 is 0 Å². The Bertz CT molecular complexity index is 560. The van der Waals surface area contributed by atoms with Crippen molar-refractivity contribution in [3.8, 4) is 0 Å². The van der Waals surface area contributed by atoms with Crippen LogP contribution in [0.1, 0.15) is 63.4 Å². The summed E-state index contributed by atoms with van der Waals surface area (Å²) in [5.41, 5.74) is -0.0165. The molecule has 1 heterocycles. The Morgan fingerprint density at radius 2 is 1.70 bits per heavy atom. The van der Waals surface area contributed by atoms with Crippen LogP contribution in [0.15, 0.2) is 10.5 Å². The maximum atomic E-state index is 12.7. The number of carbonyl (C=O) groups excluding carboxylic acids is 1. The van der Waals surface area contributed by atoms with Crippen molar-refractivity contribution in [3.05, 3.63) is 23.2 Å². The molecule has 0 spiro atoms. The molecule has 0 aliphatic carbocycles. The first-order valence-electron chi connectivity index (χ1n) is 7.85. The fraction of sp³-hybridized carbons (Fsp3) is 0.688. The molecule has 0 aliphatic rings. The fourth-order valence-corrected chi connectivity index (χ4v) is 3.63. The number of ether oxygens (including phenoxy) is 1. The number of esters is 1. The van der Waals surface area contributed by atoms with Crippen LogP contribution in [-0.2, 0) is 29.9 Å². The van der Waals surface area contributed by atoms with Crippen LogP contribution in [-0.4, -0.2) is 25.8 Å². The maximum absolute atomic E-state index is 12.7. The third-order valence-corrected chi connectivity index (χ3v) is 5.01. The Hall–Kier alpha value is -1.10. The SMILES string of the molecule is CCOC(=O)c1cc(C(C)(C)C)oc1CP(=O)(OCC)OCC. The summed E-state index contributed by atoms with van der Waals surface area (Å²) in [6.45, 7) is 11.9. The second-order valence-corrected chi connectivity index (χ2v) is 8.08. The van der Waals surface area contributed by atoms with Crippen molar-refractivity contribution in [1.29, 1.82) is 0 Å². The van der Waals surface area contributed by atoms with Gasteiger partial charge in [-0.25, -0.2) is 4.79 Å². The summed E-state index contributed by atoms with van der Waals surface area (Å²) in [7, 11) is -3.37. The lowest BCUT2D eigenvalue weighted by Gasteiger charge is -2.17. The first-order valence-corrected chi connectivity index (χ1v) is 9.58. The van der Waals surface area contributed by atoms with Gasteiger partial charge in [0.1, 0.15) is 23.2 Å². The molecule has 0 unspecified atom stereocenters. The minimum Gasteiger partial charge on any atom is -0.464 e. The second kappa shape index (κ2) is 8.13. The van der Waals surface area contributed by atoms with Crippen molar-refractivity contribution in [2.24, 2.45) is 0 Å². The van der Waals surface area contributed by atoms with Crippen LogP contribution in [0, 0.1) is 0 Å². The van der Waals surface area contributed by atoms with Crippen molar-refractivity contribution in [3.63, 3.8) is 0 Å². The van der Waals surface area contributed by atoms with Gasteiger partial charge in [-0.15, -0.1) is 0 Å². The third-order valence-electron chi connectivity index (χ3n) is 3.03. The van der Waals surface area contributed by atoms with E-state index in [-0.39, 0.29) is 42.7 Å². The highest BCUT2D eigenvalue weighted by molar-refractivity contribution is 7.53. The summed E-state index contributed by atoms with van der Waals surface area (Å²) in [6.07, 6.45) is -0.0983. The summed E-state index contributed by atoms with van der Waals surface area (Å²) in [5, 5.41) is 0. The van der Waals surface area contributed by atoms with Crippen molar-refractivity contribution in [2.75, 3.05) is 19.8 Å². The molecule has 132 valence electrons. The predicted octanol–water partition coefficient (Wildman–Crippen LogP) is 4.52. The first kappa shape index (κ1) is 19.9. The molecule has 0 radical (unpaired) electrons. The van der Waals surface area contributed by atoms with Gasteiger partial charge in [-0.05, 0) is 26.8 Å². The van der Waals surface area contributed by atoms with E-state index in [2.05, 4.69) is 0 Å². The van der Waals surface area contributed by atoms with Gasteiger partial charge in [0.15, 0.2) is 0 Å². The van der Waals surface area contributed by atoms with E-state index in [9.17, 15) is 9.36 Å². The number of hydrogen-bond donors (Lipinski definition) is 0. The quantitative estimate of drug-likeness (QED) is 0.509. The summed E-state index contributed by atoms with van der Waals surface area (Å²) >= 11 is 0. The molecule has 23 heavy (non-hydrogen) atoms. The zero-order chi connectivity index (χ0) is 17.7. The van der Waals surface area contributed by atoms with Gasteiger partial charge < -0.3 is 18.2 Å². The van der Waals surface area contributed by atoms with Crippen LogP contribution in [0.3, 0.4) is 0 Å². The van der Waals surface area contributed by atoms with Crippen LogP contribution in [0.4, 0.5) is 0 Å². The zero-order valence-corrected chi connectivity index (χ0v) is 15.7. The Balaban J connectivity index is 3.23. The van der Waals surface area contributed by atoms with Gasteiger partial charge in [0.2, 0.25) is 0 Å². The molecule has 0 saturated carbocycles. The van der Waals surface area contributed by atoms with Crippen molar-refractivity contribution in [2.45, 2.75) is 53.1 Å². The van der Waals surface area contributed by atoms with Gasteiger partial charge in [-0.2, -0.15) is 0 Å². The van der Waals surface area contributed by atoms with Gasteiger partial charge in [0.05, 0.1) is 19.8 Å². The molecule has 0 fully saturated rings. The van der Waals surface area contributed by atoms with Gasteiger partial charge in [0.25, 0.3) is 0 Å². The summed E-state index contributed by atoms with van der Waals surface area (Å²) in [6, 6.07) is 1.65. The van der Waals surface area contributed by atoms with Crippen molar-refractivity contribution < 1.29 is 27.6 Å². The number of rotatable bonds is 8. The van der Waals surface area contributed by atoms with Crippen LogP contribution in [0.5, 0.6) is 0 Å². The summed E-state index contributed by atoms with van der Waals surface area (Å²) < 4.78 is 34.1. The standard InChI is InChI=1S/C16H27O6P/c1-7-19-15(17)12-10-14(16(4,5)6)22-13(12)11-23(18,20-8-2)21-9-3/h10H,7-9,11H2,1-6H3. The van der Waals surface area contributed by atoms with E-state index in [1.165, 1.54) is 0 Å². The number of carbonyl (C=O) groups is 1. The molecule has 1 aromatic rings. The molecule has 1 rings (SSSR count).